The third-order valence-electron chi connectivity index (χ3n) is 3.56. The number of rotatable bonds is 3. The summed E-state index contributed by atoms with van der Waals surface area (Å²) in [6.07, 6.45) is 2.88. The van der Waals surface area contributed by atoms with Crippen molar-refractivity contribution in [3.63, 3.8) is 0 Å². The van der Waals surface area contributed by atoms with Crippen LogP contribution >= 0.6 is 11.6 Å². The molecule has 1 aromatic rings. The van der Waals surface area contributed by atoms with Crippen LogP contribution in [0.25, 0.3) is 0 Å². The molecule has 0 aromatic heterocycles. The zero-order valence-electron chi connectivity index (χ0n) is 11.2. The van der Waals surface area contributed by atoms with Crippen LogP contribution in [0.3, 0.4) is 0 Å². The van der Waals surface area contributed by atoms with Crippen LogP contribution in [-0.2, 0) is 0 Å². The van der Waals surface area contributed by atoms with Gasteiger partial charge < -0.3 is 15.3 Å². The average molecular weight is 297 g/mol. The fraction of sp³-hybridized carbons (Fsp3) is 0.429. The minimum atomic E-state index is -1.11. The van der Waals surface area contributed by atoms with Gasteiger partial charge in [0.25, 0.3) is 0 Å². The summed E-state index contributed by atoms with van der Waals surface area (Å²) < 4.78 is 0. The number of likely N-dealkylation sites (tertiary alicyclic amines) is 1. The van der Waals surface area contributed by atoms with Gasteiger partial charge in [-0.2, -0.15) is 0 Å². The van der Waals surface area contributed by atoms with Gasteiger partial charge in [0.1, 0.15) is 0 Å². The van der Waals surface area contributed by atoms with E-state index >= 15 is 0 Å². The van der Waals surface area contributed by atoms with E-state index in [9.17, 15) is 9.59 Å². The number of carboxylic acid groups (broad SMARTS) is 1. The number of halogens is 1. The molecule has 0 saturated carbocycles. The molecule has 1 fully saturated rings. The maximum Gasteiger partial charge on any atom is 0.337 e. The van der Waals surface area contributed by atoms with Crippen LogP contribution in [0.15, 0.2) is 18.2 Å². The quantitative estimate of drug-likeness (QED) is 0.897. The van der Waals surface area contributed by atoms with Crippen molar-refractivity contribution in [1.29, 1.82) is 0 Å². The number of carboxylic acids is 1. The Morgan fingerprint density at radius 1 is 1.50 bits per heavy atom. The summed E-state index contributed by atoms with van der Waals surface area (Å²) in [6, 6.07) is 4.39. The summed E-state index contributed by atoms with van der Waals surface area (Å²) in [6.45, 7) is 2.75. The molecule has 1 saturated heterocycles. The van der Waals surface area contributed by atoms with Crippen molar-refractivity contribution >= 4 is 29.3 Å². The molecule has 20 heavy (non-hydrogen) atoms. The Labute approximate surface area is 122 Å². The molecule has 1 aliphatic rings. The van der Waals surface area contributed by atoms with Gasteiger partial charge in [0, 0.05) is 17.6 Å². The Kier molecular flexibility index (Phi) is 4.49. The lowest BCUT2D eigenvalue weighted by atomic mass is 10.1. The third-order valence-corrected chi connectivity index (χ3v) is 3.80. The van der Waals surface area contributed by atoms with Crippen molar-refractivity contribution < 1.29 is 14.7 Å². The second kappa shape index (κ2) is 6.13. The standard InChI is InChI=1S/C14H17ClN2O3/c1-2-10-4-3-7-17(10)14(20)16-12-6-5-9(15)8-11(12)13(18)19/h5-6,8,10H,2-4,7H2,1H3,(H,16,20)(H,18,19). The number of amides is 2. The topological polar surface area (TPSA) is 69.6 Å². The normalized spacial score (nSPS) is 18.1. The molecule has 2 rings (SSSR count). The van der Waals surface area contributed by atoms with Crippen molar-refractivity contribution in [2.45, 2.75) is 32.2 Å². The molecule has 0 spiro atoms. The highest BCUT2D eigenvalue weighted by atomic mass is 35.5. The zero-order chi connectivity index (χ0) is 14.7. The molecule has 0 bridgehead atoms. The van der Waals surface area contributed by atoms with E-state index in [4.69, 9.17) is 16.7 Å². The van der Waals surface area contributed by atoms with Crippen molar-refractivity contribution in [2.24, 2.45) is 0 Å². The lowest BCUT2D eigenvalue weighted by molar-refractivity contribution is 0.0698. The Morgan fingerprint density at radius 2 is 2.25 bits per heavy atom. The first-order chi connectivity index (χ1) is 9.52. The second-order valence-corrected chi connectivity index (χ2v) is 5.26. The number of carbonyl (C=O) groups is 2. The summed E-state index contributed by atoms with van der Waals surface area (Å²) in [5, 5.41) is 12.1. The van der Waals surface area contributed by atoms with Gasteiger partial charge in [-0.1, -0.05) is 18.5 Å². The SMILES string of the molecule is CCC1CCCN1C(=O)Nc1ccc(Cl)cc1C(=O)O. The van der Waals surface area contributed by atoms with Crippen LogP contribution in [0.5, 0.6) is 0 Å². The molecule has 108 valence electrons. The van der Waals surface area contributed by atoms with E-state index in [-0.39, 0.29) is 23.3 Å². The number of aromatic carboxylic acids is 1. The highest BCUT2D eigenvalue weighted by Gasteiger charge is 2.27. The fourth-order valence-corrected chi connectivity index (χ4v) is 2.69. The number of carbonyl (C=O) groups excluding carboxylic acids is 1. The van der Waals surface area contributed by atoms with Gasteiger partial charge in [-0.05, 0) is 37.5 Å². The molecular weight excluding hydrogens is 280 g/mol. The van der Waals surface area contributed by atoms with Gasteiger partial charge >= 0.3 is 12.0 Å². The van der Waals surface area contributed by atoms with Gasteiger partial charge in [-0.3, -0.25) is 0 Å². The predicted molar refractivity (Wildman–Crippen MR) is 77.4 cm³/mol. The molecule has 1 unspecified atom stereocenters. The van der Waals surface area contributed by atoms with Crippen molar-refractivity contribution in [3.05, 3.63) is 28.8 Å². The molecule has 1 aromatic carbocycles. The number of urea groups is 1. The van der Waals surface area contributed by atoms with Crippen molar-refractivity contribution in [1.82, 2.24) is 4.90 Å². The van der Waals surface area contributed by atoms with E-state index < -0.39 is 5.97 Å². The molecule has 2 N–H and O–H groups in total. The van der Waals surface area contributed by atoms with E-state index in [2.05, 4.69) is 5.32 Å². The number of hydrogen-bond donors (Lipinski definition) is 2. The summed E-state index contributed by atoms with van der Waals surface area (Å²) in [5.74, 6) is -1.11. The predicted octanol–water partition coefficient (Wildman–Crippen LogP) is 3.44. The number of nitrogens with one attached hydrogen (secondary N) is 1. The number of benzene rings is 1. The summed E-state index contributed by atoms with van der Waals surface area (Å²) in [7, 11) is 0. The van der Waals surface area contributed by atoms with Crippen molar-refractivity contribution in [2.75, 3.05) is 11.9 Å². The van der Waals surface area contributed by atoms with Crippen LogP contribution in [0.4, 0.5) is 10.5 Å². The summed E-state index contributed by atoms with van der Waals surface area (Å²) in [5.41, 5.74) is 0.270. The van der Waals surface area contributed by atoms with Gasteiger partial charge in [0.05, 0.1) is 11.3 Å². The van der Waals surface area contributed by atoms with Gasteiger partial charge in [-0.25, -0.2) is 9.59 Å². The number of anilines is 1. The molecule has 5 nitrogen and oxygen atoms in total. The van der Waals surface area contributed by atoms with Gasteiger partial charge in [0.2, 0.25) is 0 Å². The Hall–Kier alpha value is -1.75. The first-order valence-electron chi connectivity index (χ1n) is 6.63. The van der Waals surface area contributed by atoms with Crippen LogP contribution < -0.4 is 5.32 Å². The van der Waals surface area contributed by atoms with Crippen LogP contribution in [-0.4, -0.2) is 34.6 Å². The maximum atomic E-state index is 12.2. The third kappa shape index (κ3) is 3.04. The summed E-state index contributed by atoms with van der Waals surface area (Å²) in [4.78, 5) is 25.2. The highest BCUT2D eigenvalue weighted by Crippen LogP contribution is 2.24. The Balaban J connectivity index is 2.17. The molecular formula is C14H17ClN2O3. The zero-order valence-corrected chi connectivity index (χ0v) is 12.0. The average Bonchev–Trinajstić information content (AvgIpc) is 2.89. The minimum absolute atomic E-state index is 0.00176. The lowest BCUT2D eigenvalue weighted by Gasteiger charge is -2.24. The monoisotopic (exact) mass is 296 g/mol. The van der Waals surface area contributed by atoms with E-state index in [1.807, 2.05) is 6.92 Å². The molecule has 0 aliphatic carbocycles. The van der Waals surface area contributed by atoms with Crippen LogP contribution in [0.2, 0.25) is 5.02 Å². The maximum absolute atomic E-state index is 12.2. The molecule has 0 radical (unpaired) electrons. The Morgan fingerprint density at radius 3 is 2.90 bits per heavy atom. The molecule has 6 heteroatoms. The fourth-order valence-electron chi connectivity index (χ4n) is 2.52. The largest absolute Gasteiger partial charge is 0.478 e. The molecule has 1 heterocycles. The number of hydrogen-bond acceptors (Lipinski definition) is 2. The first-order valence-corrected chi connectivity index (χ1v) is 7.01. The minimum Gasteiger partial charge on any atom is -0.478 e. The van der Waals surface area contributed by atoms with Crippen molar-refractivity contribution in [3.8, 4) is 0 Å². The van der Waals surface area contributed by atoms with E-state index in [0.717, 1.165) is 19.3 Å². The molecule has 2 amide bonds. The highest BCUT2D eigenvalue weighted by molar-refractivity contribution is 6.31. The molecule has 1 atom stereocenters. The van der Waals surface area contributed by atoms with Crippen LogP contribution in [0, 0.1) is 0 Å². The number of nitrogens with zero attached hydrogens (tertiary/aromatic N) is 1. The van der Waals surface area contributed by atoms with E-state index in [1.165, 1.54) is 12.1 Å². The van der Waals surface area contributed by atoms with E-state index in [1.54, 1.807) is 11.0 Å². The lowest BCUT2D eigenvalue weighted by Crippen LogP contribution is -2.38. The van der Waals surface area contributed by atoms with Crippen LogP contribution in [0.1, 0.15) is 36.5 Å². The second-order valence-electron chi connectivity index (χ2n) is 4.82. The van der Waals surface area contributed by atoms with Gasteiger partial charge in [-0.15, -0.1) is 0 Å². The van der Waals surface area contributed by atoms with Gasteiger partial charge in [0.15, 0.2) is 0 Å². The Bertz CT molecular complexity index is 533. The first kappa shape index (κ1) is 14.7. The van der Waals surface area contributed by atoms with E-state index in [0.29, 0.717) is 11.6 Å². The summed E-state index contributed by atoms with van der Waals surface area (Å²) >= 11 is 5.78. The molecule has 1 aliphatic heterocycles. The smallest absolute Gasteiger partial charge is 0.337 e.